The molecule has 1 aliphatic heterocycles. The van der Waals surface area contributed by atoms with Crippen molar-refractivity contribution in [3.8, 4) is 0 Å². The molecule has 2 rings (SSSR count). The quantitative estimate of drug-likeness (QED) is 0.463. The molecule has 5 heteroatoms. The first kappa shape index (κ1) is 18.6. The summed E-state index contributed by atoms with van der Waals surface area (Å²) in [5.41, 5.74) is 1.37. The summed E-state index contributed by atoms with van der Waals surface area (Å²) in [5.74, 6) is 2.21. The van der Waals surface area contributed by atoms with Crippen molar-refractivity contribution in [2.75, 3.05) is 32.4 Å². The molecule has 0 bridgehead atoms. The Labute approximate surface area is 150 Å². The van der Waals surface area contributed by atoms with Gasteiger partial charge in [0.1, 0.15) is 0 Å². The molecule has 0 unspecified atom stereocenters. The van der Waals surface area contributed by atoms with E-state index in [4.69, 9.17) is 0 Å². The minimum absolute atomic E-state index is 0. The summed E-state index contributed by atoms with van der Waals surface area (Å²) in [6.07, 6.45) is 1.03. The highest BCUT2D eigenvalue weighted by Crippen LogP contribution is 2.29. The van der Waals surface area contributed by atoms with Gasteiger partial charge in [-0.15, -0.1) is 24.0 Å². The lowest BCUT2D eigenvalue weighted by Crippen LogP contribution is -2.51. The van der Waals surface area contributed by atoms with Gasteiger partial charge in [0.2, 0.25) is 0 Å². The van der Waals surface area contributed by atoms with Crippen molar-refractivity contribution in [2.45, 2.75) is 25.0 Å². The highest BCUT2D eigenvalue weighted by Gasteiger charge is 2.28. The van der Waals surface area contributed by atoms with Gasteiger partial charge in [0, 0.05) is 37.2 Å². The minimum Gasteiger partial charge on any atom is -0.356 e. The molecule has 0 atom stereocenters. The third-order valence-electron chi connectivity index (χ3n) is 3.48. The molecule has 1 fully saturated rings. The molecule has 0 aliphatic carbocycles. The summed E-state index contributed by atoms with van der Waals surface area (Å²) < 4.78 is 0.315. The van der Waals surface area contributed by atoms with Crippen LogP contribution in [0.5, 0.6) is 0 Å². The average molecular weight is 419 g/mol. The van der Waals surface area contributed by atoms with Crippen LogP contribution in [-0.4, -0.2) is 48.0 Å². The smallest absolute Gasteiger partial charge is 0.193 e. The fourth-order valence-corrected chi connectivity index (χ4v) is 3.60. The van der Waals surface area contributed by atoms with Crippen LogP contribution in [0.3, 0.4) is 0 Å². The van der Waals surface area contributed by atoms with Gasteiger partial charge >= 0.3 is 0 Å². The van der Waals surface area contributed by atoms with Crippen molar-refractivity contribution >= 4 is 41.7 Å². The Kier molecular flexibility index (Phi) is 7.87. The Morgan fingerprint density at radius 3 is 2.67 bits per heavy atom. The van der Waals surface area contributed by atoms with Crippen LogP contribution in [0.4, 0.5) is 0 Å². The molecular weight excluding hydrogens is 393 g/mol. The van der Waals surface area contributed by atoms with Gasteiger partial charge in [0.15, 0.2) is 5.96 Å². The molecule has 0 saturated carbocycles. The van der Waals surface area contributed by atoms with Crippen molar-refractivity contribution in [1.82, 2.24) is 10.2 Å². The summed E-state index contributed by atoms with van der Waals surface area (Å²) in [4.78, 5) is 6.81. The number of benzene rings is 1. The second kappa shape index (κ2) is 8.88. The first-order valence-corrected chi connectivity index (χ1v) is 8.23. The molecule has 1 aromatic carbocycles. The van der Waals surface area contributed by atoms with E-state index >= 15 is 0 Å². The summed E-state index contributed by atoms with van der Waals surface area (Å²) in [6.45, 7) is 7.69. The number of hydrogen-bond acceptors (Lipinski definition) is 2. The first-order valence-electron chi connectivity index (χ1n) is 7.24. The SMILES string of the molecule is CN=C(NCCc1ccccc1)N1CCSC(C)(C)C1.I. The van der Waals surface area contributed by atoms with Crippen LogP contribution in [-0.2, 0) is 6.42 Å². The van der Waals surface area contributed by atoms with Crippen molar-refractivity contribution in [1.29, 1.82) is 0 Å². The van der Waals surface area contributed by atoms with Crippen molar-refractivity contribution in [3.63, 3.8) is 0 Å². The van der Waals surface area contributed by atoms with E-state index in [9.17, 15) is 0 Å². The van der Waals surface area contributed by atoms with E-state index in [0.717, 1.165) is 32.0 Å². The van der Waals surface area contributed by atoms with E-state index in [0.29, 0.717) is 4.75 Å². The number of guanidine groups is 1. The summed E-state index contributed by atoms with van der Waals surface area (Å²) in [7, 11) is 1.87. The fraction of sp³-hybridized carbons (Fsp3) is 0.562. The zero-order valence-electron chi connectivity index (χ0n) is 13.1. The molecule has 0 spiro atoms. The topological polar surface area (TPSA) is 27.6 Å². The second-order valence-electron chi connectivity index (χ2n) is 5.74. The number of aliphatic imine (C=N–C) groups is 1. The number of halogens is 1. The molecule has 1 saturated heterocycles. The van der Waals surface area contributed by atoms with Gasteiger partial charge in [-0.25, -0.2) is 0 Å². The number of nitrogens with one attached hydrogen (secondary N) is 1. The molecule has 21 heavy (non-hydrogen) atoms. The largest absolute Gasteiger partial charge is 0.356 e. The Morgan fingerprint density at radius 1 is 1.33 bits per heavy atom. The van der Waals surface area contributed by atoms with Crippen LogP contribution >= 0.6 is 35.7 Å². The van der Waals surface area contributed by atoms with Gasteiger partial charge in [-0.05, 0) is 25.8 Å². The summed E-state index contributed by atoms with van der Waals surface area (Å²) in [6, 6.07) is 10.6. The van der Waals surface area contributed by atoms with Gasteiger partial charge in [-0.1, -0.05) is 30.3 Å². The number of hydrogen-bond donors (Lipinski definition) is 1. The van der Waals surface area contributed by atoms with E-state index in [1.165, 1.54) is 11.3 Å². The van der Waals surface area contributed by atoms with Crippen LogP contribution in [0, 0.1) is 0 Å². The normalized spacial score (nSPS) is 18.0. The Bertz CT molecular complexity index is 448. The summed E-state index contributed by atoms with van der Waals surface area (Å²) >= 11 is 2.05. The Hall–Kier alpha value is -0.430. The van der Waals surface area contributed by atoms with E-state index in [1.807, 2.05) is 18.8 Å². The lowest BCUT2D eigenvalue weighted by atomic mass is 10.1. The minimum atomic E-state index is 0. The average Bonchev–Trinajstić information content (AvgIpc) is 2.43. The summed E-state index contributed by atoms with van der Waals surface area (Å²) in [5, 5.41) is 3.49. The number of rotatable bonds is 3. The molecule has 3 nitrogen and oxygen atoms in total. The van der Waals surface area contributed by atoms with Crippen LogP contribution in [0.25, 0.3) is 0 Å². The lowest BCUT2D eigenvalue weighted by Gasteiger charge is -2.39. The maximum atomic E-state index is 4.43. The zero-order valence-corrected chi connectivity index (χ0v) is 16.3. The fourth-order valence-electron chi connectivity index (χ4n) is 2.49. The Balaban J connectivity index is 0.00000220. The molecule has 1 N–H and O–H groups in total. The first-order chi connectivity index (χ1) is 9.61. The molecule has 0 amide bonds. The Morgan fingerprint density at radius 2 is 2.05 bits per heavy atom. The van der Waals surface area contributed by atoms with Crippen LogP contribution in [0.2, 0.25) is 0 Å². The van der Waals surface area contributed by atoms with E-state index in [2.05, 4.69) is 59.4 Å². The highest BCUT2D eigenvalue weighted by molar-refractivity contribution is 14.0. The zero-order chi connectivity index (χ0) is 14.4. The maximum absolute atomic E-state index is 4.43. The van der Waals surface area contributed by atoms with Crippen LogP contribution in [0.15, 0.2) is 35.3 Å². The van der Waals surface area contributed by atoms with Gasteiger partial charge in [0.25, 0.3) is 0 Å². The molecule has 1 aliphatic rings. The van der Waals surface area contributed by atoms with Crippen LogP contribution in [0.1, 0.15) is 19.4 Å². The number of nitrogens with zero attached hydrogens (tertiary/aromatic N) is 2. The van der Waals surface area contributed by atoms with E-state index < -0.39 is 0 Å². The molecule has 118 valence electrons. The second-order valence-corrected chi connectivity index (χ2v) is 7.54. The van der Waals surface area contributed by atoms with Crippen LogP contribution < -0.4 is 5.32 Å². The number of thioether (sulfide) groups is 1. The van der Waals surface area contributed by atoms with E-state index in [-0.39, 0.29) is 24.0 Å². The van der Waals surface area contributed by atoms with Gasteiger partial charge in [-0.2, -0.15) is 11.8 Å². The van der Waals surface area contributed by atoms with E-state index in [1.54, 1.807) is 0 Å². The third-order valence-corrected chi connectivity index (χ3v) is 4.77. The standard InChI is InChI=1S/C16H25N3S.HI/c1-16(2)13-19(11-12-20-16)15(17-3)18-10-9-14-7-5-4-6-8-14;/h4-8H,9-13H2,1-3H3,(H,17,18);1H. The maximum Gasteiger partial charge on any atom is 0.193 e. The molecule has 1 aromatic rings. The predicted octanol–water partition coefficient (Wildman–Crippen LogP) is 3.25. The van der Waals surface area contributed by atoms with Gasteiger partial charge in [-0.3, -0.25) is 4.99 Å². The lowest BCUT2D eigenvalue weighted by molar-refractivity contribution is 0.376. The van der Waals surface area contributed by atoms with Gasteiger partial charge in [0.05, 0.1) is 0 Å². The molecule has 1 heterocycles. The molecule has 0 aromatic heterocycles. The highest BCUT2D eigenvalue weighted by atomic mass is 127. The molecular formula is C16H26IN3S. The monoisotopic (exact) mass is 419 g/mol. The van der Waals surface area contributed by atoms with Crippen molar-refractivity contribution in [2.24, 2.45) is 4.99 Å². The van der Waals surface area contributed by atoms with Crippen molar-refractivity contribution in [3.05, 3.63) is 35.9 Å². The predicted molar refractivity (Wildman–Crippen MR) is 105 cm³/mol. The van der Waals surface area contributed by atoms with Crippen molar-refractivity contribution < 1.29 is 0 Å². The molecule has 0 radical (unpaired) electrons. The van der Waals surface area contributed by atoms with Gasteiger partial charge < -0.3 is 10.2 Å². The third kappa shape index (κ3) is 6.06.